The third kappa shape index (κ3) is 4.93. The first kappa shape index (κ1) is 23.3. The maximum absolute atomic E-state index is 13.0. The molecule has 1 aromatic carbocycles. The molecule has 1 aromatic heterocycles. The normalized spacial score (nSPS) is 19.2. The Balaban J connectivity index is 1.68. The molecule has 31 heavy (non-hydrogen) atoms. The second-order valence-electron chi connectivity index (χ2n) is 7.71. The number of aryl methyl sites for hydroxylation is 2. The second-order valence-corrected chi connectivity index (χ2v) is 9.58. The number of piperidine rings is 1. The summed E-state index contributed by atoms with van der Waals surface area (Å²) in [6, 6.07) is 4.06. The highest BCUT2D eigenvalue weighted by Gasteiger charge is 2.37. The summed E-state index contributed by atoms with van der Waals surface area (Å²) in [5.41, 5.74) is 0.0274. The summed E-state index contributed by atoms with van der Waals surface area (Å²) >= 11 is 0. The number of hydrogen-bond acceptors (Lipinski definition) is 5. The molecule has 1 amide bonds. The first-order valence-corrected chi connectivity index (χ1v) is 11.3. The van der Waals surface area contributed by atoms with Crippen LogP contribution in [0.15, 0.2) is 33.7 Å². The first-order valence-electron chi connectivity index (χ1n) is 9.82. The molecule has 0 spiro atoms. The minimum Gasteiger partial charge on any atom is -0.360 e. The van der Waals surface area contributed by atoms with E-state index in [0.29, 0.717) is 18.4 Å². The van der Waals surface area contributed by atoms with E-state index >= 15 is 0 Å². The number of rotatable bonds is 5. The molecule has 7 nitrogen and oxygen atoms in total. The van der Waals surface area contributed by atoms with E-state index in [9.17, 15) is 26.4 Å². The molecule has 0 saturated carbocycles. The van der Waals surface area contributed by atoms with Crippen molar-refractivity contribution in [3.63, 3.8) is 0 Å². The van der Waals surface area contributed by atoms with Crippen molar-refractivity contribution < 1.29 is 30.9 Å². The lowest BCUT2D eigenvalue weighted by Gasteiger charge is -2.31. The van der Waals surface area contributed by atoms with Gasteiger partial charge in [-0.2, -0.15) is 17.5 Å². The Kier molecular flexibility index (Phi) is 6.47. The fraction of sp³-hybridized carbons (Fsp3) is 0.500. The van der Waals surface area contributed by atoms with Crippen LogP contribution in [0.3, 0.4) is 0 Å². The van der Waals surface area contributed by atoms with Gasteiger partial charge in [0.15, 0.2) is 5.76 Å². The van der Waals surface area contributed by atoms with Crippen LogP contribution in [0.1, 0.15) is 48.4 Å². The van der Waals surface area contributed by atoms with Crippen molar-refractivity contribution in [2.75, 3.05) is 13.1 Å². The minimum absolute atomic E-state index is 0.0119. The smallest absolute Gasteiger partial charge is 0.360 e. The monoisotopic (exact) mass is 459 g/mol. The Morgan fingerprint density at radius 1 is 1.26 bits per heavy atom. The largest absolute Gasteiger partial charge is 0.416 e. The third-order valence-corrected chi connectivity index (χ3v) is 7.53. The summed E-state index contributed by atoms with van der Waals surface area (Å²) in [7, 11) is -3.86. The number of alkyl halides is 3. The van der Waals surface area contributed by atoms with E-state index in [1.54, 1.807) is 13.8 Å². The molecular formula is C20H24F3N3O4S. The minimum atomic E-state index is -4.43. The summed E-state index contributed by atoms with van der Waals surface area (Å²) in [4.78, 5) is 12.8. The Labute approximate surface area is 178 Å². The van der Waals surface area contributed by atoms with Crippen molar-refractivity contribution in [2.24, 2.45) is 5.92 Å². The van der Waals surface area contributed by atoms with Gasteiger partial charge in [0.25, 0.3) is 0 Å². The molecule has 1 saturated heterocycles. The van der Waals surface area contributed by atoms with Crippen molar-refractivity contribution in [2.45, 2.75) is 50.7 Å². The molecule has 2 unspecified atom stereocenters. The summed E-state index contributed by atoms with van der Waals surface area (Å²) in [6.07, 6.45) is -3.40. The zero-order valence-electron chi connectivity index (χ0n) is 17.4. The molecule has 1 aliphatic rings. The maximum Gasteiger partial charge on any atom is 0.416 e. The van der Waals surface area contributed by atoms with Gasteiger partial charge in [-0.05, 0) is 51.3 Å². The van der Waals surface area contributed by atoms with Gasteiger partial charge in [-0.15, -0.1) is 0 Å². The summed E-state index contributed by atoms with van der Waals surface area (Å²) in [5, 5.41) is 6.48. The highest BCUT2D eigenvalue weighted by Crippen LogP contribution is 2.31. The van der Waals surface area contributed by atoms with E-state index in [-0.39, 0.29) is 35.3 Å². The van der Waals surface area contributed by atoms with Crippen LogP contribution in [0.5, 0.6) is 0 Å². The molecule has 11 heteroatoms. The van der Waals surface area contributed by atoms with Crippen molar-refractivity contribution >= 4 is 15.9 Å². The van der Waals surface area contributed by atoms with Gasteiger partial charge in [-0.1, -0.05) is 17.3 Å². The Hall–Kier alpha value is -2.40. The van der Waals surface area contributed by atoms with Crippen molar-refractivity contribution in [3.8, 4) is 0 Å². The lowest BCUT2D eigenvalue weighted by atomic mass is 9.97. The van der Waals surface area contributed by atoms with Crippen LogP contribution < -0.4 is 5.32 Å². The van der Waals surface area contributed by atoms with Gasteiger partial charge in [-0.3, -0.25) is 4.79 Å². The van der Waals surface area contributed by atoms with Gasteiger partial charge in [0.1, 0.15) is 10.6 Å². The number of nitrogens with zero attached hydrogens (tertiary/aromatic N) is 2. The van der Waals surface area contributed by atoms with Crippen LogP contribution in [0.4, 0.5) is 13.2 Å². The zero-order chi connectivity index (χ0) is 23.0. The Morgan fingerprint density at radius 2 is 1.90 bits per heavy atom. The number of sulfonamides is 1. The highest BCUT2D eigenvalue weighted by atomic mass is 32.2. The number of carbonyl (C=O) groups is 1. The molecule has 170 valence electrons. The van der Waals surface area contributed by atoms with Gasteiger partial charge in [0.2, 0.25) is 15.9 Å². The van der Waals surface area contributed by atoms with Crippen LogP contribution in [-0.4, -0.2) is 36.9 Å². The average Bonchev–Trinajstić information content (AvgIpc) is 3.06. The lowest BCUT2D eigenvalue weighted by molar-refractivity contribution is -0.137. The number of benzene rings is 1. The maximum atomic E-state index is 13.0. The van der Waals surface area contributed by atoms with E-state index in [2.05, 4.69) is 10.5 Å². The van der Waals surface area contributed by atoms with E-state index in [4.69, 9.17) is 4.52 Å². The molecule has 1 fully saturated rings. The molecule has 1 aliphatic heterocycles. The van der Waals surface area contributed by atoms with Gasteiger partial charge < -0.3 is 9.84 Å². The number of nitrogens with one attached hydrogen (secondary N) is 1. The van der Waals surface area contributed by atoms with Crippen molar-refractivity contribution in [1.82, 2.24) is 14.8 Å². The number of carbonyl (C=O) groups excluding carboxylic acids is 1. The SMILES string of the molecule is Cc1noc(C)c1S(=O)(=O)N1CCCC(C(=O)NC(C)c2ccc(C(F)(F)F)cc2)C1. The quantitative estimate of drug-likeness (QED) is 0.738. The fourth-order valence-corrected chi connectivity index (χ4v) is 5.54. The molecule has 0 bridgehead atoms. The van der Waals surface area contributed by atoms with E-state index < -0.39 is 33.7 Å². The molecule has 1 N–H and O–H groups in total. The van der Waals surface area contributed by atoms with Crippen LogP contribution in [0.25, 0.3) is 0 Å². The average molecular weight is 459 g/mol. The van der Waals surface area contributed by atoms with Gasteiger partial charge >= 0.3 is 6.18 Å². The van der Waals surface area contributed by atoms with Crippen molar-refractivity contribution in [1.29, 1.82) is 0 Å². The summed E-state index contributed by atoms with van der Waals surface area (Å²) in [5.74, 6) is -0.716. The van der Waals surface area contributed by atoms with Crippen molar-refractivity contribution in [3.05, 3.63) is 46.8 Å². The van der Waals surface area contributed by atoms with Crippen LogP contribution >= 0.6 is 0 Å². The second kappa shape index (κ2) is 8.62. The molecule has 2 aromatic rings. The number of halogens is 3. The molecule has 2 atom stereocenters. The van der Waals surface area contributed by atoms with Crippen LogP contribution in [-0.2, 0) is 21.0 Å². The van der Waals surface area contributed by atoms with E-state index in [1.165, 1.54) is 23.4 Å². The molecule has 0 radical (unpaired) electrons. The van der Waals surface area contributed by atoms with Gasteiger partial charge in [0.05, 0.1) is 17.5 Å². The number of hydrogen-bond donors (Lipinski definition) is 1. The topological polar surface area (TPSA) is 92.5 Å². The Bertz CT molecular complexity index is 1030. The Morgan fingerprint density at radius 3 is 2.45 bits per heavy atom. The van der Waals surface area contributed by atoms with Crippen LogP contribution in [0.2, 0.25) is 0 Å². The standard InChI is InChI=1S/C20H24F3N3O4S/c1-12(15-6-8-17(9-7-15)20(21,22)23)24-19(27)16-5-4-10-26(11-16)31(28,29)18-13(2)25-30-14(18)3/h6-9,12,16H,4-5,10-11H2,1-3H3,(H,24,27). The predicted molar refractivity (Wildman–Crippen MR) is 105 cm³/mol. The fourth-order valence-electron chi connectivity index (χ4n) is 3.72. The van der Waals surface area contributed by atoms with Crippen LogP contribution in [0, 0.1) is 19.8 Å². The summed E-state index contributed by atoms with van der Waals surface area (Å²) in [6.45, 7) is 5.03. The van der Waals surface area contributed by atoms with Gasteiger partial charge in [-0.25, -0.2) is 8.42 Å². The molecule has 3 rings (SSSR count). The first-order chi connectivity index (χ1) is 14.4. The number of aromatic nitrogens is 1. The molecular weight excluding hydrogens is 435 g/mol. The zero-order valence-corrected chi connectivity index (χ0v) is 18.2. The molecule has 0 aliphatic carbocycles. The predicted octanol–water partition coefficient (Wildman–Crippen LogP) is 3.59. The highest BCUT2D eigenvalue weighted by molar-refractivity contribution is 7.89. The van der Waals surface area contributed by atoms with E-state index in [0.717, 1.165) is 12.1 Å². The third-order valence-electron chi connectivity index (χ3n) is 5.42. The van der Waals surface area contributed by atoms with E-state index in [1.807, 2.05) is 0 Å². The van der Waals surface area contributed by atoms with Gasteiger partial charge in [0, 0.05) is 13.1 Å². The molecule has 2 heterocycles. The summed E-state index contributed by atoms with van der Waals surface area (Å²) < 4.78 is 70.4. The number of amides is 1. The lowest BCUT2D eigenvalue weighted by Crippen LogP contribution is -2.46.